The summed E-state index contributed by atoms with van der Waals surface area (Å²) in [5, 5.41) is 8.44. The number of hydrogen-bond donors (Lipinski definition) is 1. The SMILES string of the molecule is CCCn1nc(C(=O)Nc2ccc(CN3CCN(Cc4ccccc4)CC3)cc2)c2ccccc2c1=O. The molecule has 0 atom stereocenters. The second-order valence-corrected chi connectivity index (χ2v) is 9.61. The number of anilines is 1. The minimum absolute atomic E-state index is 0.167. The highest BCUT2D eigenvalue weighted by atomic mass is 16.2. The quantitative estimate of drug-likeness (QED) is 0.393. The second kappa shape index (κ2) is 11.5. The molecule has 0 unspecified atom stereocenters. The van der Waals surface area contributed by atoms with Crippen LogP contribution in [0.25, 0.3) is 10.8 Å². The molecule has 0 spiro atoms. The minimum atomic E-state index is -0.316. The van der Waals surface area contributed by atoms with E-state index in [-0.39, 0.29) is 17.2 Å². The summed E-state index contributed by atoms with van der Waals surface area (Å²) in [6, 6.07) is 25.8. The first-order chi connectivity index (χ1) is 18.1. The van der Waals surface area contributed by atoms with Crippen molar-refractivity contribution in [2.24, 2.45) is 0 Å². The summed E-state index contributed by atoms with van der Waals surface area (Å²) in [7, 11) is 0. The van der Waals surface area contributed by atoms with Crippen LogP contribution in [-0.4, -0.2) is 51.7 Å². The van der Waals surface area contributed by atoms with E-state index < -0.39 is 0 Å². The molecule has 1 N–H and O–H groups in total. The minimum Gasteiger partial charge on any atom is -0.321 e. The molecule has 0 bridgehead atoms. The molecule has 7 heteroatoms. The van der Waals surface area contributed by atoms with E-state index in [1.165, 1.54) is 15.8 Å². The van der Waals surface area contributed by atoms with Gasteiger partial charge in [0.25, 0.3) is 11.5 Å². The van der Waals surface area contributed by atoms with Crippen molar-refractivity contribution in [2.45, 2.75) is 33.0 Å². The average Bonchev–Trinajstić information content (AvgIpc) is 2.93. The van der Waals surface area contributed by atoms with E-state index in [2.05, 4.69) is 62.7 Å². The maximum absolute atomic E-state index is 13.2. The molecule has 1 aliphatic rings. The van der Waals surface area contributed by atoms with Gasteiger partial charge >= 0.3 is 0 Å². The van der Waals surface area contributed by atoms with Crippen LogP contribution in [0.3, 0.4) is 0 Å². The Bertz CT molecular complexity index is 1410. The number of nitrogens with one attached hydrogen (secondary N) is 1. The van der Waals surface area contributed by atoms with E-state index in [0.717, 1.165) is 45.7 Å². The molecule has 1 aliphatic heterocycles. The lowest BCUT2D eigenvalue weighted by molar-refractivity contribution is 0.102. The molecule has 0 saturated carbocycles. The number of amides is 1. The third kappa shape index (κ3) is 5.96. The molecule has 1 fully saturated rings. The van der Waals surface area contributed by atoms with E-state index in [4.69, 9.17) is 0 Å². The lowest BCUT2D eigenvalue weighted by Gasteiger charge is -2.34. The van der Waals surface area contributed by atoms with Crippen molar-refractivity contribution in [1.29, 1.82) is 0 Å². The molecule has 2 heterocycles. The summed E-state index contributed by atoms with van der Waals surface area (Å²) in [5.41, 5.74) is 3.39. The number of carbonyl (C=O) groups excluding carboxylic acids is 1. The van der Waals surface area contributed by atoms with Crippen LogP contribution in [0.4, 0.5) is 5.69 Å². The van der Waals surface area contributed by atoms with Crippen LogP contribution in [0, 0.1) is 0 Å². The Labute approximate surface area is 217 Å². The standard InChI is InChI=1S/C30H33N5O2/c1-2-16-35-30(37)27-11-7-6-10-26(27)28(32-35)29(36)31-25-14-12-24(13-15-25)22-34-19-17-33(18-20-34)21-23-8-4-3-5-9-23/h3-15H,2,16-22H2,1H3,(H,31,36). The van der Waals surface area contributed by atoms with Gasteiger partial charge in [-0.25, -0.2) is 4.68 Å². The number of piperazine rings is 1. The van der Waals surface area contributed by atoms with Gasteiger partial charge in [0.2, 0.25) is 0 Å². The molecule has 7 nitrogen and oxygen atoms in total. The summed E-state index contributed by atoms with van der Waals surface area (Å²) in [5.74, 6) is -0.316. The number of aryl methyl sites for hydroxylation is 1. The lowest BCUT2D eigenvalue weighted by atomic mass is 10.1. The van der Waals surface area contributed by atoms with Crippen molar-refractivity contribution < 1.29 is 4.79 Å². The maximum Gasteiger partial charge on any atom is 0.276 e. The first-order valence-corrected chi connectivity index (χ1v) is 13.0. The molecule has 3 aromatic carbocycles. The van der Waals surface area contributed by atoms with Gasteiger partial charge < -0.3 is 5.32 Å². The van der Waals surface area contributed by atoms with Crippen LogP contribution in [0.2, 0.25) is 0 Å². The van der Waals surface area contributed by atoms with E-state index in [0.29, 0.717) is 23.0 Å². The van der Waals surface area contributed by atoms with Gasteiger partial charge in [-0.1, -0.05) is 67.6 Å². The lowest BCUT2D eigenvalue weighted by Crippen LogP contribution is -2.45. The fourth-order valence-corrected chi connectivity index (χ4v) is 4.86. The molecular formula is C30H33N5O2. The smallest absolute Gasteiger partial charge is 0.276 e. The molecular weight excluding hydrogens is 462 g/mol. The van der Waals surface area contributed by atoms with Crippen molar-refractivity contribution in [2.75, 3.05) is 31.5 Å². The second-order valence-electron chi connectivity index (χ2n) is 9.61. The molecule has 4 aromatic rings. The van der Waals surface area contributed by atoms with Gasteiger partial charge in [-0.05, 0) is 35.7 Å². The van der Waals surface area contributed by atoms with Gasteiger partial charge in [-0.3, -0.25) is 19.4 Å². The van der Waals surface area contributed by atoms with Gasteiger partial charge in [-0.15, -0.1) is 0 Å². The summed E-state index contributed by atoms with van der Waals surface area (Å²) in [6.45, 7) is 8.54. The molecule has 190 valence electrons. The highest BCUT2D eigenvalue weighted by Crippen LogP contribution is 2.18. The first kappa shape index (κ1) is 24.9. The Hall–Kier alpha value is -3.81. The molecule has 0 aliphatic carbocycles. The van der Waals surface area contributed by atoms with Crippen LogP contribution in [0.5, 0.6) is 0 Å². The Morgan fingerprint density at radius 1 is 0.784 bits per heavy atom. The van der Waals surface area contributed by atoms with Crippen LogP contribution in [-0.2, 0) is 19.6 Å². The highest BCUT2D eigenvalue weighted by Gasteiger charge is 2.18. The zero-order valence-corrected chi connectivity index (χ0v) is 21.3. The van der Waals surface area contributed by atoms with E-state index in [1.54, 1.807) is 12.1 Å². The number of carbonyl (C=O) groups is 1. The summed E-state index contributed by atoms with van der Waals surface area (Å²) < 4.78 is 1.39. The van der Waals surface area contributed by atoms with Crippen molar-refractivity contribution >= 4 is 22.4 Å². The fraction of sp³-hybridized carbons (Fsp3) is 0.300. The number of fused-ring (bicyclic) bond motifs is 1. The highest BCUT2D eigenvalue weighted by molar-refractivity contribution is 6.11. The van der Waals surface area contributed by atoms with E-state index in [1.807, 2.05) is 31.2 Å². The number of nitrogens with zero attached hydrogens (tertiary/aromatic N) is 4. The first-order valence-electron chi connectivity index (χ1n) is 13.0. The third-order valence-corrected chi connectivity index (χ3v) is 6.85. The van der Waals surface area contributed by atoms with Gasteiger partial charge in [0, 0.05) is 56.9 Å². The summed E-state index contributed by atoms with van der Waals surface area (Å²) in [4.78, 5) is 30.9. The normalized spacial score (nSPS) is 14.6. The maximum atomic E-state index is 13.2. The topological polar surface area (TPSA) is 70.5 Å². The third-order valence-electron chi connectivity index (χ3n) is 6.85. The van der Waals surface area contributed by atoms with E-state index >= 15 is 0 Å². The number of aromatic nitrogens is 2. The largest absolute Gasteiger partial charge is 0.321 e. The molecule has 0 radical (unpaired) electrons. The average molecular weight is 496 g/mol. The van der Waals surface area contributed by atoms with E-state index in [9.17, 15) is 9.59 Å². The molecule has 5 rings (SSSR count). The van der Waals surface area contributed by atoms with Crippen molar-refractivity contribution in [3.63, 3.8) is 0 Å². The molecule has 1 amide bonds. The summed E-state index contributed by atoms with van der Waals surface area (Å²) in [6.07, 6.45) is 0.760. The molecule has 1 aromatic heterocycles. The van der Waals surface area contributed by atoms with Gasteiger partial charge in [0.15, 0.2) is 5.69 Å². The van der Waals surface area contributed by atoms with Gasteiger partial charge in [0.05, 0.1) is 5.39 Å². The van der Waals surface area contributed by atoms with Crippen LogP contribution in [0.15, 0.2) is 83.7 Å². The van der Waals surface area contributed by atoms with Crippen LogP contribution >= 0.6 is 0 Å². The Morgan fingerprint density at radius 3 is 1.97 bits per heavy atom. The zero-order chi connectivity index (χ0) is 25.6. The Kier molecular flexibility index (Phi) is 7.73. The monoisotopic (exact) mass is 495 g/mol. The van der Waals surface area contributed by atoms with Gasteiger partial charge in [-0.2, -0.15) is 5.10 Å². The van der Waals surface area contributed by atoms with Crippen molar-refractivity contribution in [3.05, 3.63) is 106 Å². The van der Waals surface area contributed by atoms with Crippen molar-refractivity contribution in [3.8, 4) is 0 Å². The zero-order valence-electron chi connectivity index (χ0n) is 21.3. The molecule has 1 saturated heterocycles. The van der Waals surface area contributed by atoms with Crippen molar-refractivity contribution in [1.82, 2.24) is 19.6 Å². The number of rotatable bonds is 8. The number of hydrogen-bond acceptors (Lipinski definition) is 5. The number of benzene rings is 3. The van der Waals surface area contributed by atoms with Crippen LogP contribution < -0.4 is 10.9 Å². The Balaban J connectivity index is 1.20. The van der Waals surface area contributed by atoms with Crippen LogP contribution in [0.1, 0.15) is 35.0 Å². The fourth-order valence-electron chi connectivity index (χ4n) is 4.86. The predicted octanol–water partition coefficient (Wildman–Crippen LogP) is 4.38. The predicted molar refractivity (Wildman–Crippen MR) is 148 cm³/mol. The molecule has 37 heavy (non-hydrogen) atoms. The Morgan fingerprint density at radius 2 is 1.35 bits per heavy atom. The summed E-state index contributed by atoms with van der Waals surface area (Å²) >= 11 is 0. The van der Waals surface area contributed by atoms with Gasteiger partial charge in [0.1, 0.15) is 0 Å².